The lowest BCUT2D eigenvalue weighted by atomic mass is 10.1. The summed E-state index contributed by atoms with van der Waals surface area (Å²) >= 11 is 0. The van der Waals surface area contributed by atoms with E-state index in [9.17, 15) is 23.3 Å². The molecule has 0 aromatic heterocycles. The Morgan fingerprint density at radius 3 is 2.29 bits per heavy atom. The highest BCUT2D eigenvalue weighted by Crippen LogP contribution is 2.33. The zero-order valence-electron chi connectivity index (χ0n) is 18.7. The second-order valence-corrected chi connectivity index (χ2v) is 8.98. The summed E-state index contributed by atoms with van der Waals surface area (Å²) in [5, 5.41) is 13.8. The molecule has 0 aliphatic carbocycles. The molecule has 0 radical (unpaired) electrons. The Bertz CT molecular complexity index is 1310. The average molecular weight is 486 g/mol. The van der Waals surface area contributed by atoms with Crippen molar-refractivity contribution in [3.05, 3.63) is 82.4 Å². The first-order chi connectivity index (χ1) is 16.2. The van der Waals surface area contributed by atoms with Crippen LogP contribution in [0, 0.1) is 17.0 Å². The quantitative estimate of drug-likeness (QED) is 0.361. The average Bonchev–Trinajstić information content (AvgIpc) is 2.83. The standard InChI is InChI=1S/C23H23N3O7S/c1-16-19(7-6-9-20(16)26(28)29)24-23(27)15-25(21-8-4-5-10-22(21)33-3)34(30,31)18-13-11-17(32-2)12-14-18/h4-14H,15H2,1-3H3,(H,24,27). The number of nitrogens with one attached hydrogen (secondary N) is 1. The zero-order valence-corrected chi connectivity index (χ0v) is 19.5. The van der Waals surface area contributed by atoms with Gasteiger partial charge in [0.2, 0.25) is 5.91 Å². The van der Waals surface area contributed by atoms with Crippen LogP contribution in [0.4, 0.5) is 17.1 Å². The third-order valence-electron chi connectivity index (χ3n) is 5.06. The number of hydrogen-bond acceptors (Lipinski definition) is 7. The van der Waals surface area contributed by atoms with Crippen LogP contribution in [0.2, 0.25) is 0 Å². The number of carbonyl (C=O) groups is 1. The van der Waals surface area contributed by atoms with Crippen LogP contribution in [0.15, 0.2) is 71.6 Å². The summed E-state index contributed by atoms with van der Waals surface area (Å²) in [7, 11) is -1.35. The number of nitrogens with zero attached hydrogens (tertiary/aromatic N) is 2. The van der Waals surface area contributed by atoms with Crippen molar-refractivity contribution < 1.29 is 27.6 Å². The molecule has 0 bridgehead atoms. The maximum Gasteiger partial charge on any atom is 0.274 e. The van der Waals surface area contributed by atoms with Gasteiger partial charge >= 0.3 is 0 Å². The van der Waals surface area contributed by atoms with E-state index in [4.69, 9.17) is 9.47 Å². The number of carbonyl (C=O) groups excluding carboxylic acids is 1. The molecule has 178 valence electrons. The summed E-state index contributed by atoms with van der Waals surface area (Å²) in [6.45, 7) is 0.900. The Morgan fingerprint density at radius 1 is 1.00 bits per heavy atom. The lowest BCUT2D eigenvalue weighted by Gasteiger charge is -2.25. The van der Waals surface area contributed by atoms with Gasteiger partial charge < -0.3 is 14.8 Å². The number of anilines is 2. The Morgan fingerprint density at radius 2 is 1.68 bits per heavy atom. The molecule has 1 amide bonds. The van der Waals surface area contributed by atoms with Crippen LogP contribution in [0.1, 0.15) is 5.56 Å². The number of benzene rings is 3. The number of rotatable bonds is 9. The molecule has 3 rings (SSSR count). The van der Waals surface area contributed by atoms with Crippen LogP contribution >= 0.6 is 0 Å². The predicted molar refractivity (Wildman–Crippen MR) is 127 cm³/mol. The van der Waals surface area contributed by atoms with Crippen molar-refractivity contribution >= 4 is 33.0 Å². The number of ether oxygens (including phenoxy) is 2. The van der Waals surface area contributed by atoms with Crippen LogP contribution in [-0.4, -0.2) is 40.0 Å². The molecular formula is C23H23N3O7S. The van der Waals surface area contributed by atoms with Crippen molar-refractivity contribution in [1.29, 1.82) is 0 Å². The fourth-order valence-electron chi connectivity index (χ4n) is 3.29. The van der Waals surface area contributed by atoms with Crippen molar-refractivity contribution in [1.82, 2.24) is 0 Å². The topological polar surface area (TPSA) is 128 Å². The molecule has 3 aromatic carbocycles. The van der Waals surface area contributed by atoms with Crippen LogP contribution in [-0.2, 0) is 14.8 Å². The Kier molecular flexibility index (Phi) is 7.37. The Hall–Kier alpha value is -4.12. The lowest BCUT2D eigenvalue weighted by molar-refractivity contribution is -0.385. The third kappa shape index (κ3) is 5.09. The number of nitro benzene ring substituents is 1. The minimum atomic E-state index is -4.20. The summed E-state index contributed by atoms with van der Waals surface area (Å²) in [5.41, 5.74) is 0.459. The van der Waals surface area contributed by atoms with Gasteiger partial charge in [0, 0.05) is 6.07 Å². The maximum absolute atomic E-state index is 13.6. The largest absolute Gasteiger partial charge is 0.497 e. The minimum absolute atomic E-state index is 0.0569. The molecular weight excluding hydrogens is 462 g/mol. The van der Waals surface area contributed by atoms with E-state index >= 15 is 0 Å². The molecule has 0 saturated heterocycles. The van der Waals surface area contributed by atoms with E-state index in [1.807, 2.05) is 0 Å². The van der Waals surface area contributed by atoms with Crippen LogP contribution in [0.3, 0.4) is 0 Å². The van der Waals surface area contributed by atoms with E-state index in [0.717, 1.165) is 4.31 Å². The molecule has 3 aromatic rings. The SMILES string of the molecule is COc1ccc(S(=O)(=O)N(CC(=O)Nc2cccc([N+](=O)[O-])c2C)c2ccccc2OC)cc1. The van der Waals surface area contributed by atoms with Gasteiger partial charge in [0.15, 0.2) is 0 Å². The summed E-state index contributed by atoms with van der Waals surface area (Å²) in [4.78, 5) is 23.6. The molecule has 0 saturated carbocycles. The highest BCUT2D eigenvalue weighted by Gasteiger charge is 2.30. The monoisotopic (exact) mass is 485 g/mol. The molecule has 10 nitrogen and oxygen atoms in total. The normalized spacial score (nSPS) is 10.9. The van der Waals surface area contributed by atoms with Gasteiger partial charge in [-0.15, -0.1) is 0 Å². The summed E-state index contributed by atoms with van der Waals surface area (Å²) < 4.78 is 38.5. The summed E-state index contributed by atoms with van der Waals surface area (Å²) in [6, 6.07) is 16.4. The van der Waals surface area contributed by atoms with Crippen molar-refractivity contribution in [2.24, 2.45) is 0 Å². The highest BCUT2D eigenvalue weighted by atomic mass is 32.2. The summed E-state index contributed by atoms with van der Waals surface area (Å²) in [5.74, 6) is 0.0344. The Labute approximate surface area is 196 Å². The first-order valence-electron chi connectivity index (χ1n) is 10.0. The molecule has 34 heavy (non-hydrogen) atoms. The number of para-hydroxylation sites is 2. The van der Waals surface area contributed by atoms with Gasteiger partial charge in [-0.25, -0.2) is 8.42 Å². The number of methoxy groups -OCH3 is 2. The third-order valence-corrected chi connectivity index (χ3v) is 6.84. The molecule has 0 heterocycles. The van der Waals surface area contributed by atoms with Gasteiger partial charge in [-0.3, -0.25) is 19.2 Å². The predicted octanol–water partition coefficient (Wildman–Crippen LogP) is 3.75. The van der Waals surface area contributed by atoms with Crippen LogP contribution in [0.25, 0.3) is 0 Å². The first-order valence-corrected chi connectivity index (χ1v) is 11.5. The first kappa shape index (κ1) is 24.5. The van der Waals surface area contributed by atoms with Gasteiger partial charge in [-0.05, 0) is 49.4 Å². The number of nitro groups is 1. The summed E-state index contributed by atoms with van der Waals surface area (Å²) in [6.07, 6.45) is 0. The fourth-order valence-corrected chi connectivity index (χ4v) is 4.72. The molecule has 1 N–H and O–H groups in total. The molecule has 11 heteroatoms. The molecule has 0 aliphatic heterocycles. The van der Waals surface area contributed by atoms with Crippen molar-refractivity contribution in [2.75, 3.05) is 30.4 Å². The highest BCUT2D eigenvalue weighted by molar-refractivity contribution is 7.92. The van der Waals surface area contributed by atoms with Crippen LogP contribution in [0.5, 0.6) is 11.5 Å². The Balaban J connectivity index is 2.00. The number of amides is 1. The number of hydrogen-bond donors (Lipinski definition) is 1. The van der Waals surface area contributed by atoms with Crippen molar-refractivity contribution in [3.63, 3.8) is 0 Å². The van der Waals surface area contributed by atoms with Gasteiger partial charge in [-0.2, -0.15) is 0 Å². The number of sulfonamides is 1. The molecule has 0 aliphatic rings. The lowest BCUT2D eigenvalue weighted by Crippen LogP contribution is -2.38. The van der Waals surface area contributed by atoms with Crippen molar-refractivity contribution in [3.8, 4) is 11.5 Å². The van der Waals surface area contributed by atoms with Gasteiger partial charge in [-0.1, -0.05) is 18.2 Å². The van der Waals surface area contributed by atoms with E-state index in [1.54, 1.807) is 18.2 Å². The van der Waals surface area contributed by atoms with E-state index in [1.165, 1.54) is 69.7 Å². The van der Waals surface area contributed by atoms with Gasteiger partial charge in [0.05, 0.1) is 41.0 Å². The van der Waals surface area contributed by atoms with Gasteiger partial charge in [0.1, 0.15) is 18.0 Å². The molecule has 0 fully saturated rings. The fraction of sp³-hybridized carbons (Fsp3) is 0.174. The molecule has 0 unspecified atom stereocenters. The minimum Gasteiger partial charge on any atom is -0.497 e. The van der Waals surface area contributed by atoms with Crippen molar-refractivity contribution in [2.45, 2.75) is 11.8 Å². The molecule has 0 atom stereocenters. The zero-order chi connectivity index (χ0) is 24.9. The van der Waals surface area contributed by atoms with Crippen LogP contribution < -0.4 is 19.1 Å². The molecule has 0 spiro atoms. The van der Waals surface area contributed by atoms with E-state index in [2.05, 4.69) is 5.32 Å². The van der Waals surface area contributed by atoms with E-state index < -0.39 is 27.4 Å². The van der Waals surface area contributed by atoms with E-state index in [-0.39, 0.29) is 33.3 Å². The smallest absolute Gasteiger partial charge is 0.274 e. The maximum atomic E-state index is 13.6. The van der Waals surface area contributed by atoms with E-state index in [0.29, 0.717) is 5.75 Å². The van der Waals surface area contributed by atoms with Gasteiger partial charge in [0.25, 0.3) is 15.7 Å². The second-order valence-electron chi connectivity index (χ2n) is 7.11. The second kappa shape index (κ2) is 10.2.